The molecule has 1 aromatic rings. The van der Waals surface area contributed by atoms with Crippen molar-refractivity contribution < 1.29 is 23.9 Å². The van der Waals surface area contributed by atoms with Gasteiger partial charge in [0.2, 0.25) is 11.8 Å². The standard InChI is InChI=1S/C19H26N2O5S/c1-27-13-9-15(17(23)24)20-18(25)19(10-3-2-4-11-19)21-16(22)8-7-14-6-5-12-26-14/h5-8,12,15H,2-4,9-11,13H2,1H3,(H,20,25)(H,21,22)(H,23,24)/t15-/m0/s1. The molecule has 1 saturated carbocycles. The Balaban J connectivity index is 2.08. The summed E-state index contributed by atoms with van der Waals surface area (Å²) in [5, 5.41) is 14.8. The summed E-state index contributed by atoms with van der Waals surface area (Å²) in [5.74, 6) is -0.722. The highest BCUT2D eigenvalue weighted by Gasteiger charge is 2.41. The maximum atomic E-state index is 12.9. The van der Waals surface area contributed by atoms with Gasteiger partial charge in [0.15, 0.2) is 0 Å². The van der Waals surface area contributed by atoms with E-state index in [0.717, 1.165) is 19.3 Å². The molecule has 0 saturated heterocycles. The number of carbonyl (C=O) groups excluding carboxylic acids is 2. The van der Waals surface area contributed by atoms with Crippen LogP contribution in [0.4, 0.5) is 0 Å². The number of carboxylic acid groups (broad SMARTS) is 1. The van der Waals surface area contributed by atoms with Crippen molar-refractivity contribution in [3.63, 3.8) is 0 Å². The van der Waals surface area contributed by atoms with Gasteiger partial charge in [0.1, 0.15) is 17.3 Å². The zero-order chi connectivity index (χ0) is 19.7. The molecule has 0 aliphatic heterocycles. The van der Waals surface area contributed by atoms with Crippen LogP contribution in [0.1, 0.15) is 44.3 Å². The summed E-state index contributed by atoms with van der Waals surface area (Å²) in [4.78, 5) is 36.7. The number of furan rings is 1. The van der Waals surface area contributed by atoms with E-state index in [-0.39, 0.29) is 0 Å². The number of aliphatic carboxylic acids is 1. The molecule has 1 aromatic heterocycles. The first-order valence-electron chi connectivity index (χ1n) is 9.03. The van der Waals surface area contributed by atoms with Crippen molar-refractivity contribution in [2.75, 3.05) is 12.0 Å². The molecule has 1 aliphatic rings. The van der Waals surface area contributed by atoms with Crippen LogP contribution in [0, 0.1) is 0 Å². The van der Waals surface area contributed by atoms with E-state index in [4.69, 9.17) is 4.42 Å². The minimum atomic E-state index is -1.07. The molecule has 27 heavy (non-hydrogen) atoms. The van der Waals surface area contributed by atoms with Crippen molar-refractivity contribution in [1.82, 2.24) is 10.6 Å². The normalized spacial score (nSPS) is 17.4. The van der Waals surface area contributed by atoms with Crippen LogP contribution in [-0.4, -0.2) is 46.5 Å². The lowest BCUT2D eigenvalue weighted by Gasteiger charge is -2.37. The van der Waals surface area contributed by atoms with Gasteiger partial charge in [-0.15, -0.1) is 0 Å². The summed E-state index contributed by atoms with van der Waals surface area (Å²) in [6.45, 7) is 0. The lowest BCUT2D eigenvalue weighted by molar-refractivity contribution is -0.143. The SMILES string of the molecule is CSCC[C@H](NC(=O)C1(NC(=O)C=Cc2ccco2)CCCCC1)C(=O)O. The molecular formula is C19H26N2O5S. The number of thioether (sulfide) groups is 1. The molecule has 0 bridgehead atoms. The second-order valence-corrected chi connectivity index (χ2v) is 7.61. The van der Waals surface area contributed by atoms with E-state index in [2.05, 4.69) is 10.6 Å². The van der Waals surface area contributed by atoms with E-state index in [0.29, 0.717) is 30.8 Å². The molecule has 1 fully saturated rings. The van der Waals surface area contributed by atoms with Gasteiger partial charge in [0.25, 0.3) is 0 Å². The van der Waals surface area contributed by atoms with Crippen molar-refractivity contribution in [3.05, 3.63) is 30.2 Å². The first-order chi connectivity index (χ1) is 13.0. The molecule has 2 rings (SSSR count). The molecule has 7 nitrogen and oxygen atoms in total. The first kappa shape index (κ1) is 21.1. The molecule has 3 N–H and O–H groups in total. The molecule has 8 heteroatoms. The fourth-order valence-electron chi connectivity index (χ4n) is 3.18. The highest BCUT2D eigenvalue weighted by molar-refractivity contribution is 7.98. The molecule has 1 aliphatic carbocycles. The highest BCUT2D eigenvalue weighted by atomic mass is 32.2. The Morgan fingerprint density at radius 1 is 1.33 bits per heavy atom. The average molecular weight is 394 g/mol. The van der Waals surface area contributed by atoms with E-state index in [9.17, 15) is 19.5 Å². The molecule has 2 amide bonds. The molecule has 0 spiro atoms. The monoisotopic (exact) mass is 394 g/mol. The van der Waals surface area contributed by atoms with Gasteiger partial charge < -0.3 is 20.2 Å². The minimum absolute atomic E-state index is 0.338. The average Bonchev–Trinajstić information content (AvgIpc) is 3.17. The number of carboxylic acids is 1. The smallest absolute Gasteiger partial charge is 0.326 e. The molecule has 0 radical (unpaired) electrons. The van der Waals surface area contributed by atoms with Crippen LogP contribution < -0.4 is 10.6 Å². The quantitative estimate of drug-likeness (QED) is 0.555. The van der Waals surface area contributed by atoms with Crippen LogP contribution in [0.5, 0.6) is 0 Å². The fourth-order valence-corrected chi connectivity index (χ4v) is 3.65. The van der Waals surface area contributed by atoms with Crippen LogP contribution in [0.2, 0.25) is 0 Å². The number of hydrogen-bond donors (Lipinski definition) is 3. The predicted octanol–water partition coefficient (Wildman–Crippen LogP) is 2.43. The Hall–Kier alpha value is -2.22. The van der Waals surface area contributed by atoms with Gasteiger partial charge in [0, 0.05) is 6.08 Å². The molecule has 148 valence electrons. The summed E-state index contributed by atoms with van der Waals surface area (Å²) >= 11 is 1.52. The highest BCUT2D eigenvalue weighted by Crippen LogP contribution is 2.29. The Bertz CT molecular complexity index is 666. The van der Waals surface area contributed by atoms with Gasteiger partial charge in [-0.1, -0.05) is 19.3 Å². The van der Waals surface area contributed by atoms with E-state index < -0.39 is 29.4 Å². The molecule has 0 unspecified atom stereocenters. The largest absolute Gasteiger partial charge is 0.480 e. The first-order valence-corrected chi connectivity index (χ1v) is 10.4. The lowest BCUT2D eigenvalue weighted by Crippen LogP contribution is -2.61. The maximum absolute atomic E-state index is 12.9. The van der Waals surface area contributed by atoms with Gasteiger partial charge in [-0.05, 0) is 49.5 Å². The Morgan fingerprint density at radius 3 is 2.67 bits per heavy atom. The van der Waals surface area contributed by atoms with Gasteiger partial charge >= 0.3 is 5.97 Å². The van der Waals surface area contributed by atoms with Gasteiger partial charge in [0.05, 0.1) is 6.26 Å². The maximum Gasteiger partial charge on any atom is 0.326 e. The topological polar surface area (TPSA) is 109 Å². The van der Waals surface area contributed by atoms with Crippen LogP contribution in [0.15, 0.2) is 28.9 Å². The Morgan fingerprint density at radius 2 is 2.07 bits per heavy atom. The third-order valence-electron chi connectivity index (χ3n) is 4.66. The molecular weight excluding hydrogens is 368 g/mol. The number of rotatable bonds is 9. The predicted molar refractivity (Wildman–Crippen MR) is 104 cm³/mol. The second-order valence-electron chi connectivity index (χ2n) is 6.63. The van der Waals surface area contributed by atoms with E-state index in [1.165, 1.54) is 30.2 Å². The fraction of sp³-hybridized carbons (Fsp3) is 0.526. The van der Waals surface area contributed by atoms with E-state index in [1.54, 1.807) is 12.1 Å². The van der Waals surface area contributed by atoms with Crippen molar-refractivity contribution >= 4 is 35.6 Å². The van der Waals surface area contributed by atoms with Crippen molar-refractivity contribution in [2.45, 2.75) is 50.1 Å². The zero-order valence-electron chi connectivity index (χ0n) is 15.4. The van der Waals surface area contributed by atoms with Crippen LogP contribution in [0.3, 0.4) is 0 Å². The third kappa shape index (κ3) is 6.16. The molecule has 1 atom stereocenters. The molecule has 1 heterocycles. The Kier molecular flexibility index (Phi) is 7.97. The summed E-state index contributed by atoms with van der Waals surface area (Å²) in [5.41, 5.74) is -1.07. The Labute approximate surface area is 163 Å². The van der Waals surface area contributed by atoms with Crippen molar-refractivity contribution in [3.8, 4) is 0 Å². The van der Waals surface area contributed by atoms with Crippen LogP contribution in [0.25, 0.3) is 6.08 Å². The lowest BCUT2D eigenvalue weighted by atomic mass is 9.80. The van der Waals surface area contributed by atoms with Gasteiger partial charge in [-0.25, -0.2) is 4.79 Å². The summed E-state index contributed by atoms with van der Waals surface area (Å²) in [6, 6.07) is 2.48. The summed E-state index contributed by atoms with van der Waals surface area (Å²) in [7, 11) is 0. The van der Waals surface area contributed by atoms with E-state index in [1.807, 2.05) is 6.26 Å². The third-order valence-corrected chi connectivity index (χ3v) is 5.30. The second kappa shape index (κ2) is 10.2. The van der Waals surface area contributed by atoms with E-state index >= 15 is 0 Å². The summed E-state index contributed by atoms with van der Waals surface area (Å²) < 4.78 is 5.15. The number of amides is 2. The number of carbonyl (C=O) groups is 3. The molecule has 0 aromatic carbocycles. The van der Waals surface area contributed by atoms with Crippen molar-refractivity contribution in [2.24, 2.45) is 0 Å². The summed E-state index contributed by atoms with van der Waals surface area (Å²) in [6.07, 6.45) is 10.2. The van der Waals surface area contributed by atoms with Gasteiger partial charge in [-0.3, -0.25) is 9.59 Å². The van der Waals surface area contributed by atoms with Gasteiger partial charge in [-0.2, -0.15) is 11.8 Å². The zero-order valence-corrected chi connectivity index (χ0v) is 16.2. The van der Waals surface area contributed by atoms with Crippen molar-refractivity contribution in [1.29, 1.82) is 0 Å². The number of hydrogen-bond acceptors (Lipinski definition) is 5. The van der Waals surface area contributed by atoms with Crippen LogP contribution in [-0.2, 0) is 14.4 Å². The number of nitrogens with one attached hydrogen (secondary N) is 2. The minimum Gasteiger partial charge on any atom is -0.480 e. The van der Waals surface area contributed by atoms with Crippen LogP contribution >= 0.6 is 11.8 Å².